The van der Waals surface area contributed by atoms with Gasteiger partial charge in [0.1, 0.15) is 5.92 Å². The molecule has 3 nitrogen and oxygen atoms in total. The molecule has 0 spiro atoms. The Balaban J connectivity index is 2.49. The lowest BCUT2D eigenvalue weighted by Gasteiger charge is -1.84. The Morgan fingerprint density at radius 3 is 3.42 bits per heavy atom. The number of hydrogen-bond donors (Lipinski definition) is 0. The third-order valence-electron chi connectivity index (χ3n) is 1.52. The van der Waals surface area contributed by atoms with E-state index in [0.717, 1.165) is 0 Å². The zero-order valence-electron chi connectivity index (χ0n) is 6.11. The standard InChI is InChI=1S/C9H4N2O/c10-5-7-1-3-8-9(4-2-7)12-6-11-8/h2,4,6-7H. The van der Waals surface area contributed by atoms with E-state index in [1.807, 2.05) is 6.07 Å². The monoisotopic (exact) mass is 156 g/mol. The molecule has 0 saturated carbocycles. The molecular formula is C9H4N2O. The molecule has 0 aromatic carbocycles. The van der Waals surface area contributed by atoms with Gasteiger partial charge in [-0.1, -0.05) is 12.0 Å². The molecule has 1 unspecified atom stereocenters. The molecule has 2 rings (SSSR count). The number of oxazole rings is 1. The summed E-state index contributed by atoms with van der Waals surface area (Å²) in [4.78, 5) is 3.88. The maximum atomic E-state index is 8.58. The fourth-order valence-corrected chi connectivity index (χ4v) is 0.921. The normalized spacial score (nSPS) is 18.4. The highest BCUT2D eigenvalue weighted by Gasteiger charge is 2.07. The van der Waals surface area contributed by atoms with Crippen LogP contribution >= 0.6 is 0 Å². The van der Waals surface area contributed by atoms with E-state index < -0.39 is 0 Å². The first-order valence-corrected chi connectivity index (χ1v) is 3.43. The lowest BCUT2D eigenvalue weighted by Crippen LogP contribution is -1.83. The summed E-state index contributed by atoms with van der Waals surface area (Å²) in [6.45, 7) is 0. The molecule has 1 aromatic heterocycles. The highest BCUT2D eigenvalue weighted by Crippen LogP contribution is 2.12. The van der Waals surface area contributed by atoms with Crippen LogP contribution in [-0.2, 0) is 0 Å². The van der Waals surface area contributed by atoms with Crippen molar-refractivity contribution < 1.29 is 4.42 Å². The summed E-state index contributed by atoms with van der Waals surface area (Å²) in [5, 5.41) is 8.58. The first-order chi connectivity index (χ1) is 5.90. The predicted molar refractivity (Wildman–Crippen MR) is 41.5 cm³/mol. The van der Waals surface area contributed by atoms with Gasteiger partial charge in [0.25, 0.3) is 0 Å². The summed E-state index contributed by atoms with van der Waals surface area (Å²) in [5.74, 6) is 5.79. The minimum Gasteiger partial charge on any atom is -0.443 e. The smallest absolute Gasteiger partial charge is 0.182 e. The van der Waals surface area contributed by atoms with Crippen molar-refractivity contribution in [1.82, 2.24) is 4.98 Å². The lowest BCUT2D eigenvalue weighted by molar-refractivity contribution is 0.547. The van der Waals surface area contributed by atoms with Gasteiger partial charge in [0.15, 0.2) is 17.8 Å². The molecule has 1 atom stereocenters. The minimum atomic E-state index is -0.352. The maximum Gasteiger partial charge on any atom is 0.182 e. The summed E-state index contributed by atoms with van der Waals surface area (Å²) < 4.78 is 5.02. The van der Waals surface area contributed by atoms with Gasteiger partial charge in [-0.3, -0.25) is 0 Å². The summed E-state index contributed by atoms with van der Waals surface area (Å²) in [7, 11) is 0. The third kappa shape index (κ3) is 0.980. The van der Waals surface area contributed by atoms with Crippen LogP contribution in [0.3, 0.4) is 0 Å². The van der Waals surface area contributed by atoms with E-state index in [9.17, 15) is 0 Å². The number of nitriles is 1. The second-order valence-corrected chi connectivity index (χ2v) is 2.30. The van der Waals surface area contributed by atoms with Crippen LogP contribution in [0.4, 0.5) is 0 Å². The van der Waals surface area contributed by atoms with Crippen molar-refractivity contribution in [3.8, 4) is 17.9 Å². The second-order valence-electron chi connectivity index (χ2n) is 2.30. The van der Waals surface area contributed by atoms with Gasteiger partial charge in [0.2, 0.25) is 0 Å². The Morgan fingerprint density at radius 2 is 2.58 bits per heavy atom. The average molecular weight is 156 g/mol. The molecule has 0 saturated heterocycles. The van der Waals surface area contributed by atoms with Gasteiger partial charge in [-0.15, -0.1) is 0 Å². The molecule has 1 aliphatic carbocycles. The van der Waals surface area contributed by atoms with Gasteiger partial charge in [0.05, 0.1) is 6.07 Å². The van der Waals surface area contributed by atoms with Crippen LogP contribution in [0.15, 0.2) is 16.9 Å². The van der Waals surface area contributed by atoms with Gasteiger partial charge >= 0.3 is 0 Å². The SMILES string of the molecule is N#CC1C#Cc2ncoc2C=C1. The van der Waals surface area contributed by atoms with Crippen LogP contribution in [0, 0.1) is 29.1 Å². The van der Waals surface area contributed by atoms with Crippen molar-refractivity contribution >= 4 is 6.08 Å². The molecule has 3 heteroatoms. The largest absolute Gasteiger partial charge is 0.443 e. The average Bonchev–Trinajstić information content (AvgIpc) is 2.46. The van der Waals surface area contributed by atoms with Crippen molar-refractivity contribution in [3.05, 3.63) is 23.9 Å². The van der Waals surface area contributed by atoms with E-state index in [1.54, 1.807) is 12.2 Å². The van der Waals surface area contributed by atoms with E-state index >= 15 is 0 Å². The summed E-state index contributed by atoms with van der Waals surface area (Å²) in [6, 6.07) is 2.04. The minimum absolute atomic E-state index is 0.352. The predicted octanol–water partition coefficient (Wildman–Crippen LogP) is 1.19. The van der Waals surface area contributed by atoms with E-state index in [4.69, 9.17) is 9.68 Å². The number of fused-ring (bicyclic) bond motifs is 1. The first-order valence-electron chi connectivity index (χ1n) is 3.43. The Labute approximate surface area is 69.3 Å². The summed E-state index contributed by atoms with van der Waals surface area (Å²) >= 11 is 0. The molecule has 0 N–H and O–H groups in total. The van der Waals surface area contributed by atoms with Crippen LogP contribution < -0.4 is 0 Å². The molecule has 56 valence electrons. The van der Waals surface area contributed by atoms with Crippen LogP contribution in [-0.4, -0.2) is 4.98 Å². The van der Waals surface area contributed by atoms with Crippen molar-refractivity contribution in [1.29, 1.82) is 5.26 Å². The summed E-state index contributed by atoms with van der Waals surface area (Å²) in [6.07, 6.45) is 4.75. The number of rotatable bonds is 0. The molecule has 1 aromatic rings. The van der Waals surface area contributed by atoms with E-state index in [0.29, 0.717) is 11.5 Å². The molecule has 0 aliphatic heterocycles. The molecule has 1 heterocycles. The molecular weight excluding hydrogens is 152 g/mol. The van der Waals surface area contributed by atoms with Crippen molar-refractivity contribution in [2.75, 3.05) is 0 Å². The Bertz CT molecular complexity index is 425. The molecule has 0 radical (unpaired) electrons. The topological polar surface area (TPSA) is 49.8 Å². The fraction of sp³-hybridized carbons (Fsp3) is 0.111. The Morgan fingerprint density at radius 1 is 1.67 bits per heavy atom. The highest BCUT2D eigenvalue weighted by atomic mass is 16.3. The summed E-state index contributed by atoms with van der Waals surface area (Å²) in [5.41, 5.74) is 0.601. The zero-order valence-corrected chi connectivity index (χ0v) is 6.11. The molecule has 0 amide bonds. The number of allylic oxidation sites excluding steroid dienone is 1. The van der Waals surface area contributed by atoms with Crippen molar-refractivity contribution in [2.45, 2.75) is 0 Å². The lowest BCUT2D eigenvalue weighted by atomic mass is 10.2. The van der Waals surface area contributed by atoms with E-state index in [2.05, 4.69) is 16.8 Å². The van der Waals surface area contributed by atoms with Gasteiger partial charge in [0, 0.05) is 0 Å². The molecule has 1 aliphatic rings. The number of aromatic nitrogens is 1. The van der Waals surface area contributed by atoms with Gasteiger partial charge in [-0.05, 0) is 12.0 Å². The van der Waals surface area contributed by atoms with Crippen LogP contribution in [0.2, 0.25) is 0 Å². The van der Waals surface area contributed by atoms with Crippen molar-refractivity contribution in [3.63, 3.8) is 0 Å². The molecule has 12 heavy (non-hydrogen) atoms. The van der Waals surface area contributed by atoms with Crippen LogP contribution in [0.1, 0.15) is 11.5 Å². The first kappa shape index (κ1) is 6.69. The van der Waals surface area contributed by atoms with Gasteiger partial charge in [-0.25, -0.2) is 4.98 Å². The highest BCUT2D eigenvalue weighted by molar-refractivity contribution is 5.55. The molecule has 0 fully saturated rings. The molecule has 0 bridgehead atoms. The second kappa shape index (κ2) is 2.56. The van der Waals surface area contributed by atoms with Gasteiger partial charge < -0.3 is 4.42 Å². The van der Waals surface area contributed by atoms with E-state index in [1.165, 1.54) is 6.39 Å². The van der Waals surface area contributed by atoms with Crippen LogP contribution in [0.25, 0.3) is 6.08 Å². The number of hydrogen-bond acceptors (Lipinski definition) is 3. The van der Waals surface area contributed by atoms with Gasteiger partial charge in [-0.2, -0.15) is 5.26 Å². The number of nitrogens with zero attached hydrogens (tertiary/aromatic N) is 2. The van der Waals surface area contributed by atoms with Crippen LogP contribution in [0.5, 0.6) is 0 Å². The third-order valence-corrected chi connectivity index (χ3v) is 1.52. The van der Waals surface area contributed by atoms with E-state index in [-0.39, 0.29) is 5.92 Å². The zero-order chi connectivity index (χ0) is 8.39. The van der Waals surface area contributed by atoms with Crippen molar-refractivity contribution in [2.24, 2.45) is 5.92 Å². The quantitative estimate of drug-likeness (QED) is 0.530. The Hall–Kier alpha value is -2.00. The maximum absolute atomic E-state index is 8.58. The Kier molecular flexibility index (Phi) is 1.43. The fourth-order valence-electron chi connectivity index (χ4n) is 0.921.